The number of carboxylic acids is 1. The second-order valence-corrected chi connectivity index (χ2v) is 7.35. The number of rotatable bonds is 6. The summed E-state index contributed by atoms with van der Waals surface area (Å²) in [4.78, 5) is 28.3. The van der Waals surface area contributed by atoms with Crippen LogP contribution in [0.1, 0.15) is 68.3 Å². The lowest BCUT2D eigenvalue weighted by atomic mass is 9.93. The fraction of sp³-hybridized carbons (Fsp3) is 0.474. The highest BCUT2D eigenvalue weighted by Gasteiger charge is 2.38. The first-order valence-electron chi connectivity index (χ1n) is 9.07. The van der Waals surface area contributed by atoms with Crippen molar-refractivity contribution in [2.24, 2.45) is 0 Å². The Bertz CT molecular complexity index is 856. The van der Waals surface area contributed by atoms with Crippen molar-refractivity contribution in [3.8, 4) is 5.69 Å². The summed E-state index contributed by atoms with van der Waals surface area (Å²) in [5, 5.41) is 16.3. The maximum Gasteiger partial charge on any atom is 0.305 e. The highest BCUT2D eigenvalue weighted by Crippen LogP contribution is 2.33. The third-order valence-electron chi connectivity index (χ3n) is 4.83. The van der Waals surface area contributed by atoms with Gasteiger partial charge in [0, 0.05) is 5.92 Å². The molecule has 1 aromatic heterocycles. The fourth-order valence-electron chi connectivity index (χ4n) is 3.58. The third-order valence-corrected chi connectivity index (χ3v) is 4.83. The molecule has 1 heterocycles. The average Bonchev–Trinajstić information content (AvgIpc) is 3.21. The Morgan fingerprint density at radius 2 is 2.04 bits per heavy atom. The maximum atomic E-state index is 13.6. The topological polar surface area (TPSA) is 97.1 Å². The van der Waals surface area contributed by atoms with Gasteiger partial charge in [0.05, 0.1) is 17.6 Å². The normalized spacial score (nSPS) is 15.9. The summed E-state index contributed by atoms with van der Waals surface area (Å²) in [6, 6.07) is 5.91. The number of hydrogen-bond acceptors (Lipinski definition) is 4. The molecule has 0 aliphatic heterocycles. The SMILES string of the molecule is CC(C)c1nc(C(=O)NC2(CC(=O)O)CCCC2)nn1-c1cccc(F)c1. The zero-order chi connectivity index (χ0) is 19.6. The van der Waals surface area contributed by atoms with Crippen LogP contribution >= 0.6 is 0 Å². The molecule has 1 fully saturated rings. The Morgan fingerprint density at radius 3 is 2.63 bits per heavy atom. The van der Waals surface area contributed by atoms with Crippen LogP contribution in [0.3, 0.4) is 0 Å². The van der Waals surface area contributed by atoms with E-state index in [-0.39, 0.29) is 18.2 Å². The first-order valence-corrected chi connectivity index (χ1v) is 9.07. The van der Waals surface area contributed by atoms with Gasteiger partial charge in [0.1, 0.15) is 11.6 Å². The lowest BCUT2D eigenvalue weighted by Crippen LogP contribution is -2.48. The summed E-state index contributed by atoms with van der Waals surface area (Å²) in [5.41, 5.74) is -0.281. The zero-order valence-electron chi connectivity index (χ0n) is 15.4. The molecular weight excluding hydrogens is 351 g/mol. The number of amides is 1. The minimum Gasteiger partial charge on any atom is -0.481 e. The number of halogens is 1. The molecule has 2 aromatic rings. The Labute approximate surface area is 156 Å². The number of nitrogens with one attached hydrogen (secondary N) is 1. The van der Waals surface area contributed by atoms with Crippen molar-refractivity contribution >= 4 is 11.9 Å². The van der Waals surface area contributed by atoms with E-state index in [0.717, 1.165) is 12.8 Å². The number of benzene rings is 1. The van der Waals surface area contributed by atoms with E-state index in [4.69, 9.17) is 0 Å². The van der Waals surface area contributed by atoms with Crippen LogP contribution in [0.5, 0.6) is 0 Å². The van der Waals surface area contributed by atoms with Crippen molar-refractivity contribution in [1.29, 1.82) is 0 Å². The smallest absolute Gasteiger partial charge is 0.305 e. The lowest BCUT2D eigenvalue weighted by Gasteiger charge is -2.27. The van der Waals surface area contributed by atoms with Crippen molar-refractivity contribution < 1.29 is 19.1 Å². The number of carboxylic acid groups (broad SMARTS) is 1. The molecule has 0 radical (unpaired) electrons. The molecule has 7 nitrogen and oxygen atoms in total. The summed E-state index contributed by atoms with van der Waals surface area (Å²) >= 11 is 0. The molecule has 1 aromatic carbocycles. The van der Waals surface area contributed by atoms with E-state index in [1.165, 1.54) is 16.8 Å². The summed E-state index contributed by atoms with van der Waals surface area (Å²) in [5.74, 6) is -1.41. The van der Waals surface area contributed by atoms with E-state index in [9.17, 15) is 19.1 Å². The Hall–Kier alpha value is -2.77. The van der Waals surface area contributed by atoms with Crippen LogP contribution in [0.2, 0.25) is 0 Å². The average molecular weight is 374 g/mol. The Kier molecular flexibility index (Phi) is 5.25. The number of aromatic nitrogens is 3. The fourth-order valence-corrected chi connectivity index (χ4v) is 3.58. The molecule has 1 saturated carbocycles. The van der Waals surface area contributed by atoms with Crippen molar-refractivity contribution in [2.75, 3.05) is 0 Å². The van der Waals surface area contributed by atoms with Gasteiger partial charge in [-0.2, -0.15) is 0 Å². The van der Waals surface area contributed by atoms with Gasteiger partial charge in [-0.1, -0.05) is 32.8 Å². The van der Waals surface area contributed by atoms with Crippen LogP contribution in [0, 0.1) is 5.82 Å². The molecule has 0 bridgehead atoms. The lowest BCUT2D eigenvalue weighted by molar-refractivity contribution is -0.138. The van der Waals surface area contributed by atoms with Crippen LogP contribution in [0.25, 0.3) is 5.69 Å². The zero-order valence-corrected chi connectivity index (χ0v) is 15.4. The molecule has 8 heteroatoms. The van der Waals surface area contributed by atoms with Crippen molar-refractivity contribution in [3.05, 3.63) is 41.7 Å². The van der Waals surface area contributed by atoms with Gasteiger partial charge < -0.3 is 10.4 Å². The number of carbonyl (C=O) groups is 2. The van der Waals surface area contributed by atoms with Crippen LogP contribution in [0.15, 0.2) is 24.3 Å². The molecule has 27 heavy (non-hydrogen) atoms. The van der Waals surface area contributed by atoms with E-state index in [0.29, 0.717) is 24.4 Å². The monoisotopic (exact) mass is 374 g/mol. The molecule has 0 unspecified atom stereocenters. The second-order valence-electron chi connectivity index (χ2n) is 7.35. The largest absolute Gasteiger partial charge is 0.481 e. The van der Waals surface area contributed by atoms with E-state index in [1.54, 1.807) is 12.1 Å². The first kappa shape index (κ1) is 19.0. The molecule has 0 atom stereocenters. The number of aliphatic carboxylic acids is 1. The predicted molar refractivity (Wildman–Crippen MR) is 96.3 cm³/mol. The van der Waals surface area contributed by atoms with Gasteiger partial charge in [-0.3, -0.25) is 9.59 Å². The maximum absolute atomic E-state index is 13.6. The minimum atomic E-state index is -0.946. The highest BCUT2D eigenvalue weighted by molar-refractivity contribution is 5.91. The van der Waals surface area contributed by atoms with E-state index in [1.807, 2.05) is 13.8 Å². The minimum absolute atomic E-state index is 0.0400. The standard InChI is InChI=1S/C19H23FN4O3/c1-12(2)17-21-16(23-24(17)14-7-5-6-13(20)10-14)18(27)22-19(11-15(25)26)8-3-4-9-19/h5-7,10,12H,3-4,8-9,11H2,1-2H3,(H,22,27)(H,25,26). The third kappa shape index (κ3) is 4.15. The van der Waals surface area contributed by atoms with Gasteiger partial charge in [0.2, 0.25) is 5.82 Å². The molecule has 1 aliphatic carbocycles. The summed E-state index contributed by atoms with van der Waals surface area (Å²) < 4.78 is 15.1. The van der Waals surface area contributed by atoms with Crippen molar-refractivity contribution in [2.45, 2.75) is 57.4 Å². The molecule has 1 amide bonds. The summed E-state index contributed by atoms with van der Waals surface area (Å²) in [6.07, 6.45) is 2.85. The van der Waals surface area contributed by atoms with Gasteiger partial charge in [0.25, 0.3) is 5.91 Å². The van der Waals surface area contributed by atoms with Gasteiger partial charge >= 0.3 is 5.97 Å². The van der Waals surface area contributed by atoms with Gasteiger partial charge in [0.15, 0.2) is 0 Å². The number of nitrogens with zero attached hydrogens (tertiary/aromatic N) is 3. The number of hydrogen-bond donors (Lipinski definition) is 2. The van der Waals surface area contributed by atoms with Crippen LogP contribution < -0.4 is 5.32 Å². The molecular formula is C19H23FN4O3. The molecule has 0 spiro atoms. The summed E-state index contributed by atoms with van der Waals surface area (Å²) in [7, 11) is 0. The molecule has 1 aliphatic rings. The Morgan fingerprint density at radius 1 is 1.33 bits per heavy atom. The van der Waals surface area contributed by atoms with E-state index in [2.05, 4.69) is 15.4 Å². The van der Waals surface area contributed by atoms with E-state index < -0.39 is 23.2 Å². The van der Waals surface area contributed by atoms with Crippen LogP contribution in [0.4, 0.5) is 4.39 Å². The molecule has 144 valence electrons. The molecule has 3 rings (SSSR count). The quantitative estimate of drug-likeness (QED) is 0.810. The number of carbonyl (C=O) groups excluding carboxylic acids is 1. The van der Waals surface area contributed by atoms with Crippen molar-refractivity contribution in [1.82, 2.24) is 20.1 Å². The molecule has 2 N–H and O–H groups in total. The van der Waals surface area contributed by atoms with Gasteiger partial charge in [-0.05, 0) is 31.0 Å². The van der Waals surface area contributed by atoms with Crippen LogP contribution in [-0.2, 0) is 4.79 Å². The second kappa shape index (κ2) is 7.46. The predicted octanol–water partition coefficient (Wildman–Crippen LogP) is 3.05. The van der Waals surface area contributed by atoms with Crippen LogP contribution in [-0.4, -0.2) is 37.3 Å². The van der Waals surface area contributed by atoms with Crippen molar-refractivity contribution in [3.63, 3.8) is 0 Å². The van der Waals surface area contributed by atoms with E-state index >= 15 is 0 Å². The Balaban J connectivity index is 1.91. The highest BCUT2D eigenvalue weighted by atomic mass is 19.1. The van der Waals surface area contributed by atoms with Gasteiger partial charge in [-0.25, -0.2) is 14.1 Å². The first-order chi connectivity index (χ1) is 12.8. The van der Waals surface area contributed by atoms with Gasteiger partial charge in [-0.15, -0.1) is 5.10 Å². The molecule has 0 saturated heterocycles. The summed E-state index contributed by atoms with van der Waals surface area (Å²) in [6.45, 7) is 3.81.